The van der Waals surface area contributed by atoms with Crippen LogP contribution in [0.2, 0.25) is 0 Å². The molecule has 0 spiro atoms. The summed E-state index contributed by atoms with van der Waals surface area (Å²) in [6, 6.07) is 3.59. The third-order valence-corrected chi connectivity index (χ3v) is 5.15. The fraction of sp³-hybridized carbons (Fsp3) is 0.500. The highest BCUT2D eigenvalue weighted by atomic mass is 19.2. The molecule has 1 aliphatic heterocycles. The van der Waals surface area contributed by atoms with Crippen LogP contribution < -0.4 is 5.32 Å². The quantitative estimate of drug-likeness (QED) is 0.734. The van der Waals surface area contributed by atoms with E-state index in [9.17, 15) is 18.4 Å². The average Bonchev–Trinajstić information content (AvgIpc) is 2.97. The molecule has 2 atom stereocenters. The Morgan fingerprint density at radius 3 is 2.68 bits per heavy atom. The number of ether oxygens (including phenoxy) is 2. The number of benzene rings is 1. The first-order valence-corrected chi connectivity index (χ1v) is 10.1. The summed E-state index contributed by atoms with van der Waals surface area (Å²) in [5.41, 5.74) is 0.149. The standard InChI is InChI=1S/C22H27F2N3O4/c1-22(2,3)31-21(29)26-17-9-8-13(15-6-5-7-16(23)19(15)24)12-27-14(10-18(28)30-4)11-25-20(17)27/h5-7,11,13,17H,8-10,12H2,1-4H3,(H,26,29)/t13-,17-/m1/s1. The van der Waals surface area contributed by atoms with Crippen LogP contribution in [0, 0.1) is 11.6 Å². The lowest BCUT2D eigenvalue weighted by Crippen LogP contribution is -2.35. The average molecular weight is 435 g/mol. The SMILES string of the molecule is COC(=O)Cc1cnc2n1C[C@H](c1cccc(F)c1F)CC[C@H]2NC(=O)OC(C)(C)C. The summed E-state index contributed by atoms with van der Waals surface area (Å²) in [6.07, 6.45) is 1.83. The van der Waals surface area contributed by atoms with Gasteiger partial charge in [-0.05, 0) is 45.2 Å². The van der Waals surface area contributed by atoms with E-state index in [1.807, 2.05) is 0 Å². The van der Waals surface area contributed by atoms with E-state index in [1.165, 1.54) is 13.2 Å². The van der Waals surface area contributed by atoms with Crippen LogP contribution in [0.25, 0.3) is 0 Å². The fourth-order valence-corrected chi connectivity index (χ4v) is 3.76. The van der Waals surface area contributed by atoms with Crippen molar-refractivity contribution >= 4 is 12.1 Å². The highest BCUT2D eigenvalue weighted by Crippen LogP contribution is 2.35. The number of hydrogen-bond donors (Lipinski definition) is 1. The van der Waals surface area contributed by atoms with Crippen molar-refractivity contribution in [2.45, 2.75) is 64.1 Å². The smallest absolute Gasteiger partial charge is 0.408 e. The van der Waals surface area contributed by atoms with Gasteiger partial charge in [0.1, 0.15) is 11.4 Å². The molecule has 3 rings (SSSR count). The Morgan fingerprint density at radius 2 is 2.00 bits per heavy atom. The van der Waals surface area contributed by atoms with Crippen LogP contribution in [0.4, 0.5) is 13.6 Å². The van der Waals surface area contributed by atoms with Crippen molar-refractivity contribution in [3.05, 3.63) is 53.1 Å². The van der Waals surface area contributed by atoms with Crippen LogP contribution >= 0.6 is 0 Å². The molecular weight excluding hydrogens is 408 g/mol. The van der Waals surface area contributed by atoms with Crippen LogP contribution in [-0.4, -0.2) is 34.3 Å². The lowest BCUT2D eigenvalue weighted by Gasteiger charge is -2.23. The van der Waals surface area contributed by atoms with Crippen molar-refractivity contribution in [3.63, 3.8) is 0 Å². The van der Waals surface area contributed by atoms with Gasteiger partial charge in [-0.25, -0.2) is 18.6 Å². The Labute approximate surface area is 179 Å². The van der Waals surface area contributed by atoms with Gasteiger partial charge in [0.25, 0.3) is 0 Å². The third-order valence-electron chi connectivity index (χ3n) is 5.15. The van der Waals surface area contributed by atoms with Crippen LogP contribution in [0.3, 0.4) is 0 Å². The normalized spacial score (nSPS) is 18.6. The van der Waals surface area contributed by atoms with Gasteiger partial charge in [0.2, 0.25) is 0 Å². The number of alkyl carbamates (subject to hydrolysis) is 1. The van der Waals surface area contributed by atoms with E-state index in [4.69, 9.17) is 9.47 Å². The first kappa shape index (κ1) is 22.7. The lowest BCUT2D eigenvalue weighted by atomic mass is 9.93. The fourth-order valence-electron chi connectivity index (χ4n) is 3.76. The second-order valence-corrected chi connectivity index (χ2v) is 8.59. The molecule has 0 radical (unpaired) electrons. The molecule has 31 heavy (non-hydrogen) atoms. The molecule has 1 aromatic carbocycles. The topological polar surface area (TPSA) is 82.5 Å². The number of nitrogens with one attached hydrogen (secondary N) is 1. The number of halogens is 2. The molecule has 1 aliphatic rings. The highest BCUT2D eigenvalue weighted by molar-refractivity contribution is 5.72. The van der Waals surface area contributed by atoms with E-state index >= 15 is 0 Å². The zero-order valence-corrected chi connectivity index (χ0v) is 18.1. The second kappa shape index (κ2) is 9.03. The Bertz CT molecular complexity index is 968. The number of esters is 1. The van der Waals surface area contributed by atoms with Gasteiger partial charge in [-0.2, -0.15) is 0 Å². The Kier molecular flexibility index (Phi) is 6.62. The van der Waals surface area contributed by atoms with Crippen LogP contribution in [-0.2, 0) is 27.2 Å². The number of rotatable bonds is 4. The molecular formula is C22H27F2N3O4. The summed E-state index contributed by atoms with van der Waals surface area (Å²) in [5, 5.41) is 2.82. The number of hydrogen-bond acceptors (Lipinski definition) is 5. The zero-order valence-electron chi connectivity index (χ0n) is 18.1. The number of carbonyl (C=O) groups is 2. The number of aromatic nitrogens is 2. The molecule has 7 nitrogen and oxygen atoms in total. The van der Waals surface area contributed by atoms with Crippen molar-refractivity contribution in [3.8, 4) is 0 Å². The summed E-state index contributed by atoms with van der Waals surface area (Å²) >= 11 is 0. The number of imidazole rings is 1. The second-order valence-electron chi connectivity index (χ2n) is 8.59. The molecule has 2 aromatic rings. The van der Waals surface area contributed by atoms with Gasteiger partial charge in [0, 0.05) is 24.4 Å². The Morgan fingerprint density at radius 1 is 1.26 bits per heavy atom. The predicted molar refractivity (Wildman–Crippen MR) is 108 cm³/mol. The maximum Gasteiger partial charge on any atom is 0.408 e. The van der Waals surface area contributed by atoms with E-state index in [1.54, 1.807) is 37.6 Å². The molecule has 1 aromatic heterocycles. The molecule has 0 aliphatic carbocycles. The van der Waals surface area contributed by atoms with Crippen molar-refractivity contribution in [1.82, 2.24) is 14.9 Å². The van der Waals surface area contributed by atoms with Gasteiger partial charge in [-0.3, -0.25) is 4.79 Å². The van der Waals surface area contributed by atoms with E-state index in [-0.39, 0.29) is 24.4 Å². The first-order valence-electron chi connectivity index (χ1n) is 10.1. The minimum Gasteiger partial charge on any atom is -0.469 e. The molecule has 0 bridgehead atoms. The molecule has 168 valence electrons. The highest BCUT2D eigenvalue weighted by Gasteiger charge is 2.31. The maximum atomic E-state index is 14.5. The maximum absolute atomic E-state index is 14.5. The summed E-state index contributed by atoms with van der Waals surface area (Å²) in [6.45, 7) is 5.57. The van der Waals surface area contributed by atoms with Gasteiger partial charge in [-0.15, -0.1) is 0 Å². The van der Waals surface area contributed by atoms with Crippen LogP contribution in [0.15, 0.2) is 24.4 Å². The van der Waals surface area contributed by atoms with E-state index in [0.29, 0.717) is 24.4 Å². The molecule has 1 amide bonds. The summed E-state index contributed by atoms with van der Waals surface area (Å²) in [5.74, 6) is -2.08. The largest absolute Gasteiger partial charge is 0.469 e. The van der Waals surface area contributed by atoms with E-state index < -0.39 is 35.3 Å². The summed E-state index contributed by atoms with van der Waals surface area (Å²) in [7, 11) is 1.29. The number of methoxy groups -OCH3 is 1. The lowest BCUT2D eigenvalue weighted by molar-refractivity contribution is -0.139. The minimum atomic E-state index is -0.911. The molecule has 0 fully saturated rings. The Balaban J connectivity index is 1.95. The molecule has 9 heteroatoms. The molecule has 2 heterocycles. The molecule has 1 N–H and O–H groups in total. The Hall–Kier alpha value is -2.97. The van der Waals surface area contributed by atoms with Gasteiger partial charge in [0.05, 0.1) is 19.6 Å². The van der Waals surface area contributed by atoms with Crippen molar-refractivity contribution in [1.29, 1.82) is 0 Å². The number of carbonyl (C=O) groups excluding carboxylic acids is 2. The first-order chi connectivity index (χ1) is 14.6. The van der Waals surface area contributed by atoms with Crippen LogP contribution in [0.5, 0.6) is 0 Å². The molecule has 0 unspecified atom stereocenters. The van der Waals surface area contributed by atoms with Crippen molar-refractivity contribution in [2.24, 2.45) is 0 Å². The van der Waals surface area contributed by atoms with Gasteiger partial charge in [-0.1, -0.05) is 12.1 Å². The number of nitrogens with zero attached hydrogens (tertiary/aromatic N) is 2. The van der Waals surface area contributed by atoms with Gasteiger partial charge >= 0.3 is 12.1 Å². The summed E-state index contributed by atoms with van der Waals surface area (Å²) in [4.78, 5) is 28.7. The molecule has 0 saturated heterocycles. The predicted octanol–water partition coefficient (Wildman–Crippen LogP) is 4.02. The number of fused-ring (bicyclic) bond motifs is 1. The summed E-state index contributed by atoms with van der Waals surface area (Å²) < 4.78 is 40.3. The van der Waals surface area contributed by atoms with Crippen molar-refractivity contribution < 1.29 is 27.8 Å². The van der Waals surface area contributed by atoms with E-state index in [2.05, 4.69) is 10.3 Å². The third kappa shape index (κ3) is 5.39. The van der Waals surface area contributed by atoms with Gasteiger partial charge < -0.3 is 19.4 Å². The van der Waals surface area contributed by atoms with Crippen LogP contribution in [0.1, 0.15) is 62.7 Å². The molecule has 0 saturated carbocycles. The monoisotopic (exact) mass is 435 g/mol. The van der Waals surface area contributed by atoms with Crippen molar-refractivity contribution in [2.75, 3.05) is 7.11 Å². The van der Waals surface area contributed by atoms with E-state index in [0.717, 1.165) is 6.07 Å². The zero-order chi connectivity index (χ0) is 22.8. The van der Waals surface area contributed by atoms with Gasteiger partial charge in [0.15, 0.2) is 11.6 Å². The minimum absolute atomic E-state index is 0.0268. The number of amides is 1.